The number of hydrogen-bond acceptors (Lipinski definition) is 4. The minimum atomic E-state index is -0.492. The van der Waals surface area contributed by atoms with Gasteiger partial charge in [0.25, 0.3) is 0 Å². The third-order valence-corrected chi connectivity index (χ3v) is 6.14. The molecule has 2 aliphatic rings. The average molecular weight is 380 g/mol. The predicted octanol–water partition coefficient (Wildman–Crippen LogP) is 4.29. The molecule has 1 atom stereocenters. The summed E-state index contributed by atoms with van der Waals surface area (Å²) in [6.07, 6.45) is 5.83. The summed E-state index contributed by atoms with van der Waals surface area (Å²) in [6, 6.07) is 12.0. The number of fused-ring (bicyclic) bond motifs is 1. The van der Waals surface area contributed by atoms with E-state index in [4.69, 9.17) is 9.47 Å². The van der Waals surface area contributed by atoms with Crippen molar-refractivity contribution in [1.82, 2.24) is 4.90 Å². The van der Waals surface area contributed by atoms with Crippen molar-refractivity contribution < 1.29 is 14.6 Å². The maximum absolute atomic E-state index is 10.6. The highest BCUT2D eigenvalue weighted by Gasteiger charge is 2.37. The lowest BCUT2D eigenvalue weighted by atomic mass is 9.87. The first-order valence-electron chi connectivity index (χ1n) is 10.0. The molecule has 2 aliphatic heterocycles. The van der Waals surface area contributed by atoms with Crippen LogP contribution in [0.1, 0.15) is 41.2 Å². The molecule has 4 heteroatoms. The molecule has 1 spiro atoms. The van der Waals surface area contributed by atoms with Crippen molar-refractivity contribution in [1.29, 1.82) is 0 Å². The van der Waals surface area contributed by atoms with Gasteiger partial charge in [-0.15, -0.1) is 0 Å². The lowest BCUT2D eigenvalue weighted by Gasteiger charge is -2.42. The van der Waals surface area contributed by atoms with Gasteiger partial charge in [0.2, 0.25) is 0 Å². The van der Waals surface area contributed by atoms with Crippen LogP contribution in [0.15, 0.2) is 42.5 Å². The minimum Gasteiger partial charge on any atom is -0.497 e. The summed E-state index contributed by atoms with van der Waals surface area (Å²) in [5, 5.41) is 10.6. The Morgan fingerprint density at radius 2 is 1.79 bits per heavy atom. The molecule has 0 saturated carbocycles. The van der Waals surface area contributed by atoms with Crippen molar-refractivity contribution in [3.63, 3.8) is 0 Å². The van der Waals surface area contributed by atoms with Crippen LogP contribution in [0.2, 0.25) is 0 Å². The van der Waals surface area contributed by atoms with Gasteiger partial charge in [-0.25, -0.2) is 0 Å². The fourth-order valence-corrected chi connectivity index (χ4v) is 4.08. The van der Waals surface area contributed by atoms with Crippen molar-refractivity contribution in [2.24, 2.45) is 0 Å². The number of hydrogen-bond donors (Lipinski definition) is 1. The fraction of sp³-hybridized carbons (Fsp3) is 0.417. The van der Waals surface area contributed by atoms with Gasteiger partial charge in [-0.1, -0.05) is 18.2 Å². The predicted molar refractivity (Wildman–Crippen MR) is 112 cm³/mol. The normalized spacial score (nSPS) is 19.1. The van der Waals surface area contributed by atoms with Gasteiger partial charge >= 0.3 is 0 Å². The number of aryl methyl sites for hydroxylation is 2. The lowest BCUT2D eigenvalue weighted by Crippen LogP contribution is -2.48. The van der Waals surface area contributed by atoms with Crippen molar-refractivity contribution >= 4 is 6.08 Å². The number of nitrogens with zero attached hydrogens (tertiary/aromatic N) is 1. The van der Waals surface area contributed by atoms with Gasteiger partial charge in [-0.2, -0.15) is 0 Å². The summed E-state index contributed by atoms with van der Waals surface area (Å²) in [7, 11) is 1.65. The molecule has 0 radical (unpaired) electrons. The second-order valence-electron chi connectivity index (χ2n) is 8.06. The van der Waals surface area contributed by atoms with E-state index in [1.54, 1.807) is 7.11 Å². The summed E-state index contributed by atoms with van der Waals surface area (Å²) in [4.78, 5) is 2.33. The first-order valence-corrected chi connectivity index (χ1v) is 10.0. The average Bonchev–Trinajstić information content (AvgIpc) is 2.71. The molecule has 0 aromatic heterocycles. The van der Waals surface area contributed by atoms with E-state index < -0.39 is 6.10 Å². The third-order valence-electron chi connectivity index (χ3n) is 6.14. The number of piperidine rings is 1. The molecule has 148 valence electrons. The summed E-state index contributed by atoms with van der Waals surface area (Å²) < 4.78 is 11.7. The minimum absolute atomic E-state index is 0.212. The number of aliphatic hydroxyl groups is 1. The third kappa shape index (κ3) is 3.80. The van der Waals surface area contributed by atoms with E-state index in [2.05, 4.69) is 43.0 Å². The molecule has 28 heavy (non-hydrogen) atoms. The van der Waals surface area contributed by atoms with Crippen molar-refractivity contribution in [3.8, 4) is 11.5 Å². The second-order valence-corrected chi connectivity index (χ2v) is 8.06. The maximum Gasteiger partial charge on any atom is 0.130 e. The molecule has 0 aliphatic carbocycles. The van der Waals surface area contributed by atoms with Crippen molar-refractivity contribution in [2.45, 2.75) is 38.4 Å². The molecular weight excluding hydrogens is 350 g/mol. The first-order chi connectivity index (χ1) is 13.5. The molecule has 0 amide bonds. The largest absolute Gasteiger partial charge is 0.497 e. The monoisotopic (exact) mass is 379 g/mol. The smallest absolute Gasteiger partial charge is 0.130 e. The standard InChI is InChI=1S/C24H29NO3/c1-17-14-20-8-9-24(28-23(20)15-18(17)2)10-12-25(13-11-24)16-22(26)19-4-6-21(27-3)7-5-19/h4-9,14-15,22,26H,10-13,16H2,1-3H3/t22-/m1/s1. The number of methoxy groups -OCH3 is 1. The molecule has 1 saturated heterocycles. The van der Waals surface area contributed by atoms with Crippen molar-refractivity contribution in [3.05, 3.63) is 64.7 Å². The second kappa shape index (κ2) is 7.61. The van der Waals surface area contributed by atoms with Gasteiger partial charge in [0.05, 0.1) is 13.2 Å². The van der Waals surface area contributed by atoms with E-state index in [-0.39, 0.29) is 5.60 Å². The van der Waals surface area contributed by atoms with Gasteiger partial charge in [-0.05, 0) is 60.9 Å². The Kier molecular flexibility index (Phi) is 5.17. The summed E-state index contributed by atoms with van der Waals surface area (Å²) >= 11 is 0. The molecule has 4 rings (SSSR count). The first kappa shape index (κ1) is 19.0. The van der Waals surface area contributed by atoms with E-state index >= 15 is 0 Å². The Bertz CT molecular complexity index is 864. The quantitative estimate of drug-likeness (QED) is 0.861. The number of aliphatic hydroxyl groups excluding tert-OH is 1. The van der Waals surface area contributed by atoms with Crippen LogP contribution in [0.5, 0.6) is 11.5 Å². The van der Waals surface area contributed by atoms with Gasteiger partial charge in [0, 0.05) is 38.0 Å². The highest BCUT2D eigenvalue weighted by Crippen LogP contribution is 2.38. The Hall–Kier alpha value is -2.30. The molecule has 0 bridgehead atoms. The van der Waals surface area contributed by atoms with Crippen molar-refractivity contribution in [2.75, 3.05) is 26.7 Å². The van der Waals surface area contributed by atoms with Crippen LogP contribution < -0.4 is 9.47 Å². The number of benzene rings is 2. The molecule has 1 N–H and O–H groups in total. The van der Waals surface area contributed by atoms with Crippen LogP contribution in [0.4, 0.5) is 0 Å². The van der Waals surface area contributed by atoms with E-state index in [9.17, 15) is 5.11 Å². The number of rotatable bonds is 4. The molecule has 2 aromatic carbocycles. The zero-order chi connectivity index (χ0) is 19.7. The number of ether oxygens (including phenoxy) is 2. The van der Waals surface area contributed by atoms with Crippen LogP contribution >= 0.6 is 0 Å². The molecule has 0 unspecified atom stereocenters. The Morgan fingerprint density at radius 3 is 2.46 bits per heavy atom. The van der Waals surface area contributed by atoms with Crippen LogP contribution in [-0.2, 0) is 0 Å². The van der Waals surface area contributed by atoms with E-state index in [1.807, 2.05) is 24.3 Å². The summed E-state index contributed by atoms with van der Waals surface area (Å²) in [5.41, 5.74) is 4.45. The SMILES string of the molecule is COc1ccc([C@H](O)CN2CCC3(C=Cc4cc(C)c(C)cc4O3)CC2)cc1. The van der Waals surface area contributed by atoms with Gasteiger partial charge < -0.3 is 19.5 Å². The van der Waals surface area contributed by atoms with Crippen LogP contribution in [0.3, 0.4) is 0 Å². The molecular formula is C24H29NO3. The fourth-order valence-electron chi connectivity index (χ4n) is 4.08. The van der Waals surface area contributed by atoms with Crippen LogP contribution in [-0.4, -0.2) is 42.4 Å². The summed E-state index contributed by atoms with van der Waals surface area (Å²) in [5.74, 6) is 1.81. The molecule has 1 fully saturated rings. The Balaban J connectivity index is 1.37. The van der Waals surface area contributed by atoms with E-state index in [0.717, 1.165) is 43.0 Å². The molecule has 2 aromatic rings. The van der Waals surface area contributed by atoms with Gasteiger partial charge in [-0.3, -0.25) is 0 Å². The highest BCUT2D eigenvalue weighted by molar-refractivity contribution is 5.63. The number of β-amino-alcohol motifs (C(OH)–C–C–N with tert-alkyl or cyclic N) is 1. The van der Waals surface area contributed by atoms with Crippen LogP contribution in [0.25, 0.3) is 6.08 Å². The van der Waals surface area contributed by atoms with Crippen LogP contribution in [0, 0.1) is 13.8 Å². The molecule has 4 nitrogen and oxygen atoms in total. The summed E-state index contributed by atoms with van der Waals surface area (Å²) in [6.45, 7) is 6.74. The topological polar surface area (TPSA) is 41.9 Å². The zero-order valence-corrected chi connectivity index (χ0v) is 16.9. The lowest BCUT2D eigenvalue weighted by molar-refractivity contribution is 0.0201. The van der Waals surface area contributed by atoms with Gasteiger partial charge in [0.15, 0.2) is 0 Å². The molecule has 2 heterocycles. The Labute approximate surface area is 167 Å². The van der Waals surface area contributed by atoms with E-state index in [0.29, 0.717) is 6.54 Å². The van der Waals surface area contributed by atoms with E-state index in [1.165, 1.54) is 16.7 Å². The zero-order valence-electron chi connectivity index (χ0n) is 16.9. The highest BCUT2D eigenvalue weighted by atomic mass is 16.5. The maximum atomic E-state index is 10.6. The number of likely N-dealkylation sites (tertiary alicyclic amines) is 1. The Morgan fingerprint density at radius 1 is 1.11 bits per heavy atom. The van der Waals surface area contributed by atoms with Gasteiger partial charge in [0.1, 0.15) is 17.1 Å².